The molecule has 0 aliphatic heterocycles. The van der Waals surface area contributed by atoms with Crippen molar-refractivity contribution in [3.8, 4) is 0 Å². The van der Waals surface area contributed by atoms with Crippen LogP contribution in [0.4, 0.5) is 0 Å². The third-order valence-corrected chi connectivity index (χ3v) is 3.39. The number of rotatable bonds is 1. The molecule has 18 heavy (non-hydrogen) atoms. The summed E-state index contributed by atoms with van der Waals surface area (Å²) in [5.41, 5.74) is 2.99. The van der Waals surface area contributed by atoms with E-state index in [9.17, 15) is 0 Å². The highest BCUT2D eigenvalue weighted by Crippen LogP contribution is 2.27. The summed E-state index contributed by atoms with van der Waals surface area (Å²) in [6.45, 7) is 0. The van der Waals surface area contributed by atoms with Gasteiger partial charge in [0.05, 0.1) is 11.2 Å². The Morgan fingerprint density at radius 3 is 2.94 bits per heavy atom. The van der Waals surface area contributed by atoms with Crippen LogP contribution in [0.1, 0.15) is 18.5 Å². The molecule has 1 aliphatic carbocycles. The fourth-order valence-corrected chi connectivity index (χ4v) is 2.51. The highest BCUT2D eigenvalue weighted by atomic mass is 35.5. The van der Waals surface area contributed by atoms with Crippen molar-refractivity contribution in [3.63, 3.8) is 0 Å². The number of nitrogens with zero attached hydrogens (tertiary/aromatic N) is 1. The maximum Gasteiger partial charge on any atom is 0.197 e. The summed E-state index contributed by atoms with van der Waals surface area (Å²) in [5.74, 6) is 0. The summed E-state index contributed by atoms with van der Waals surface area (Å²) in [6, 6.07) is 5.73. The van der Waals surface area contributed by atoms with E-state index in [-0.39, 0.29) is 0 Å². The van der Waals surface area contributed by atoms with E-state index in [1.54, 1.807) is 0 Å². The van der Waals surface area contributed by atoms with Crippen LogP contribution in [-0.2, 0) is 0 Å². The molecular formula is C14H11ClN2S. The molecule has 1 heterocycles. The van der Waals surface area contributed by atoms with E-state index >= 15 is 0 Å². The molecule has 1 aliphatic rings. The van der Waals surface area contributed by atoms with E-state index in [1.807, 2.05) is 18.2 Å². The SMILES string of the molecule is S=c1nc(C2=CCCC=C2)c2ccc(Cl)cc2[nH]1. The number of halogens is 1. The minimum atomic E-state index is 0.486. The van der Waals surface area contributed by atoms with Crippen LogP contribution < -0.4 is 0 Å². The molecule has 0 atom stereocenters. The molecule has 0 radical (unpaired) electrons. The maximum atomic E-state index is 6.01. The molecular weight excluding hydrogens is 264 g/mol. The summed E-state index contributed by atoms with van der Waals surface area (Å²) in [6.07, 6.45) is 8.61. The van der Waals surface area contributed by atoms with Gasteiger partial charge in [0.15, 0.2) is 4.77 Å². The molecule has 0 saturated heterocycles. The first kappa shape index (κ1) is 11.6. The van der Waals surface area contributed by atoms with Crippen molar-refractivity contribution in [1.82, 2.24) is 9.97 Å². The highest BCUT2D eigenvalue weighted by molar-refractivity contribution is 7.71. The van der Waals surface area contributed by atoms with Gasteiger partial charge in [0.2, 0.25) is 0 Å². The van der Waals surface area contributed by atoms with Crippen molar-refractivity contribution >= 4 is 40.3 Å². The Bertz CT molecular complexity index is 728. The number of benzene rings is 1. The molecule has 1 aromatic carbocycles. The van der Waals surface area contributed by atoms with Gasteiger partial charge in [-0.15, -0.1) is 0 Å². The number of H-pyrrole nitrogens is 1. The first-order valence-corrected chi connectivity index (χ1v) is 6.59. The van der Waals surface area contributed by atoms with Gasteiger partial charge in [0.25, 0.3) is 0 Å². The lowest BCUT2D eigenvalue weighted by atomic mass is 10.0. The lowest BCUT2D eigenvalue weighted by Crippen LogP contribution is -1.95. The second-order valence-electron chi connectivity index (χ2n) is 4.22. The van der Waals surface area contributed by atoms with Gasteiger partial charge in [-0.25, -0.2) is 4.98 Å². The van der Waals surface area contributed by atoms with Crippen molar-refractivity contribution in [2.45, 2.75) is 12.8 Å². The van der Waals surface area contributed by atoms with Gasteiger partial charge >= 0.3 is 0 Å². The first-order valence-electron chi connectivity index (χ1n) is 5.81. The Morgan fingerprint density at radius 1 is 1.28 bits per heavy atom. The summed E-state index contributed by atoms with van der Waals surface area (Å²) < 4.78 is 0.486. The third-order valence-electron chi connectivity index (χ3n) is 2.96. The minimum absolute atomic E-state index is 0.486. The van der Waals surface area contributed by atoms with E-state index in [4.69, 9.17) is 23.8 Å². The summed E-state index contributed by atoms with van der Waals surface area (Å²) in [5, 5.41) is 1.74. The van der Waals surface area contributed by atoms with E-state index in [1.165, 1.54) is 0 Å². The van der Waals surface area contributed by atoms with Crippen molar-refractivity contribution in [2.24, 2.45) is 0 Å². The number of aromatic amines is 1. The summed E-state index contributed by atoms with van der Waals surface area (Å²) in [7, 11) is 0. The average Bonchev–Trinajstić information content (AvgIpc) is 2.38. The fourth-order valence-electron chi connectivity index (χ4n) is 2.14. The molecule has 0 unspecified atom stereocenters. The lowest BCUT2D eigenvalue weighted by molar-refractivity contribution is 1.04. The molecule has 2 aromatic rings. The molecule has 1 aromatic heterocycles. The first-order chi connectivity index (χ1) is 8.74. The van der Waals surface area contributed by atoms with Gasteiger partial charge < -0.3 is 4.98 Å². The van der Waals surface area contributed by atoms with Gasteiger partial charge in [-0.2, -0.15) is 0 Å². The topological polar surface area (TPSA) is 28.7 Å². The normalized spacial score (nSPS) is 14.8. The summed E-state index contributed by atoms with van der Waals surface area (Å²) >= 11 is 11.2. The monoisotopic (exact) mass is 274 g/mol. The average molecular weight is 275 g/mol. The van der Waals surface area contributed by atoms with Crippen molar-refractivity contribution in [3.05, 3.63) is 51.9 Å². The van der Waals surface area contributed by atoms with Crippen molar-refractivity contribution < 1.29 is 0 Å². The number of hydrogen-bond donors (Lipinski definition) is 1. The molecule has 0 spiro atoms. The molecule has 3 rings (SSSR count). The van der Waals surface area contributed by atoms with Crippen LogP contribution in [0.2, 0.25) is 5.02 Å². The van der Waals surface area contributed by atoms with Gasteiger partial charge in [0, 0.05) is 10.4 Å². The van der Waals surface area contributed by atoms with E-state index in [0.717, 1.165) is 35.0 Å². The summed E-state index contributed by atoms with van der Waals surface area (Å²) in [4.78, 5) is 7.53. The lowest BCUT2D eigenvalue weighted by Gasteiger charge is -2.09. The van der Waals surface area contributed by atoms with E-state index in [2.05, 4.69) is 28.2 Å². The molecule has 0 fully saturated rings. The zero-order valence-electron chi connectivity index (χ0n) is 9.61. The van der Waals surface area contributed by atoms with E-state index < -0.39 is 0 Å². The number of hydrogen-bond acceptors (Lipinski definition) is 2. The number of allylic oxidation sites excluding steroid dienone is 4. The largest absolute Gasteiger partial charge is 0.330 e. The van der Waals surface area contributed by atoms with Crippen LogP contribution in [0, 0.1) is 4.77 Å². The molecule has 0 bridgehead atoms. The van der Waals surface area contributed by atoms with Gasteiger partial charge in [-0.05, 0) is 48.8 Å². The molecule has 2 nitrogen and oxygen atoms in total. The standard InChI is InChI=1S/C14H11ClN2S/c15-10-6-7-11-12(8-10)16-14(18)17-13(11)9-4-2-1-3-5-9/h2,4-8H,1,3H2,(H,16,17,18). The Kier molecular flexibility index (Phi) is 3.02. The highest BCUT2D eigenvalue weighted by Gasteiger charge is 2.09. The zero-order valence-corrected chi connectivity index (χ0v) is 11.2. The Morgan fingerprint density at radius 2 is 2.17 bits per heavy atom. The van der Waals surface area contributed by atoms with Crippen molar-refractivity contribution in [1.29, 1.82) is 0 Å². The quantitative estimate of drug-likeness (QED) is 0.765. The van der Waals surface area contributed by atoms with Crippen molar-refractivity contribution in [2.75, 3.05) is 0 Å². The molecule has 0 amide bonds. The Hall–Kier alpha value is -1.45. The molecule has 90 valence electrons. The fraction of sp³-hybridized carbons (Fsp3) is 0.143. The van der Waals surface area contributed by atoms with Crippen LogP contribution in [0.25, 0.3) is 16.5 Å². The van der Waals surface area contributed by atoms with Gasteiger partial charge in [-0.1, -0.05) is 29.8 Å². The third kappa shape index (κ3) is 2.11. The minimum Gasteiger partial charge on any atom is -0.330 e. The van der Waals surface area contributed by atoms with Crippen LogP contribution in [0.3, 0.4) is 0 Å². The van der Waals surface area contributed by atoms with Crippen LogP contribution in [-0.4, -0.2) is 9.97 Å². The zero-order chi connectivity index (χ0) is 12.5. The predicted molar refractivity (Wildman–Crippen MR) is 78.3 cm³/mol. The second-order valence-corrected chi connectivity index (χ2v) is 5.04. The van der Waals surface area contributed by atoms with E-state index in [0.29, 0.717) is 9.79 Å². The Balaban J connectivity index is 2.31. The van der Waals surface area contributed by atoms with Crippen LogP contribution in [0.5, 0.6) is 0 Å². The number of fused-ring (bicyclic) bond motifs is 1. The molecule has 0 saturated carbocycles. The molecule has 1 N–H and O–H groups in total. The predicted octanol–water partition coefficient (Wildman–Crippen LogP) is 4.68. The van der Waals surface area contributed by atoms with Gasteiger partial charge in [-0.3, -0.25) is 0 Å². The van der Waals surface area contributed by atoms with Crippen LogP contribution in [0.15, 0.2) is 36.4 Å². The molecule has 4 heteroatoms. The smallest absolute Gasteiger partial charge is 0.197 e. The van der Waals surface area contributed by atoms with Crippen LogP contribution >= 0.6 is 23.8 Å². The number of nitrogens with one attached hydrogen (secondary N) is 1. The maximum absolute atomic E-state index is 6.01. The second kappa shape index (κ2) is 4.67. The van der Waals surface area contributed by atoms with Gasteiger partial charge in [0.1, 0.15) is 0 Å². The Labute approximate surface area is 115 Å². The number of aromatic nitrogens is 2.